The molecule has 0 radical (unpaired) electrons. The van der Waals surface area contributed by atoms with Crippen LogP contribution in [-0.2, 0) is 6.42 Å². The van der Waals surface area contributed by atoms with Crippen molar-refractivity contribution in [2.24, 2.45) is 0 Å². The smallest absolute Gasteiger partial charge is 0.255 e. The van der Waals surface area contributed by atoms with E-state index in [-0.39, 0.29) is 11.7 Å². The molecule has 1 aliphatic rings. The Morgan fingerprint density at radius 1 is 1.16 bits per heavy atom. The summed E-state index contributed by atoms with van der Waals surface area (Å²) in [5, 5.41) is 12.4. The number of phenolic OH excluding ortho intramolecular Hbond substituents is 1. The minimum absolute atomic E-state index is 0.151. The molecule has 132 valence electrons. The molecule has 2 aromatic carbocycles. The Morgan fingerprint density at radius 2 is 1.92 bits per heavy atom. The van der Waals surface area contributed by atoms with Crippen LogP contribution in [0.25, 0.3) is 0 Å². The molecule has 0 aliphatic carbocycles. The van der Waals surface area contributed by atoms with Crippen LogP contribution in [0.3, 0.4) is 0 Å². The van der Waals surface area contributed by atoms with Crippen molar-refractivity contribution in [2.75, 3.05) is 18.9 Å². The van der Waals surface area contributed by atoms with Crippen LogP contribution in [0.4, 0.5) is 5.69 Å². The Hall–Kier alpha value is -2.33. The molecule has 2 aromatic rings. The van der Waals surface area contributed by atoms with Crippen molar-refractivity contribution in [3.63, 3.8) is 0 Å². The van der Waals surface area contributed by atoms with Crippen LogP contribution in [0.15, 0.2) is 48.5 Å². The number of amides is 1. The van der Waals surface area contributed by atoms with E-state index in [1.54, 1.807) is 12.1 Å². The standard InChI is InChI=1S/C21H26N2O2/c1-23-15-5-4-7-18(23)12-9-16-6-2-3-8-20(16)22-21(25)17-10-13-19(24)14-11-17/h2-3,6,8,10-11,13-14,18,24H,4-5,7,9,12,15H2,1H3,(H,22,25). The molecule has 1 fully saturated rings. The van der Waals surface area contributed by atoms with Crippen molar-refractivity contribution in [1.82, 2.24) is 4.90 Å². The topological polar surface area (TPSA) is 52.6 Å². The number of benzene rings is 2. The maximum Gasteiger partial charge on any atom is 0.255 e. The number of para-hydroxylation sites is 1. The molecule has 3 rings (SSSR count). The van der Waals surface area contributed by atoms with Crippen LogP contribution in [0, 0.1) is 0 Å². The first-order chi connectivity index (χ1) is 12.1. The van der Waals surface area contributed by atoms with E-state index in [4.69, 9.17) is 0 Å². The summed E-state index contributed by atoms with van der Waals surface area (Å²) in [5.41, 5.74) is 2.59. The maximum atomic E-state index is 12.4. The van der Waals surface area contributed by atoms with E-state index in [9.17, 15) is 9.90 Å². The van der Waals surface area contributed by atoms with E-state index >= 15 is 0 Å². The van der Waals surface area contributed by atoms with E-state index in [2.05, 4.69) is 23.3 Å². The molecule has 0 bridgehead atoms. The molecule has 4 heteroatoms. The number of hydrogen-bond donors (Lipinski definition) is 2. The summed E-state index contributed by atoms with van der Waals surface area (Å²) in [6, 6.07) is 15.0. The molecular weight excluding hydrogens is 312 g/mol. The van der Waals surface area contributed by atoms with Gasteiger partial charge in [-0.1, -0.05) is 24.6 Å². The molecule has 2 N–H and O–H groups in total. The normalized spacial score (nSPS) is 18.0. The van der Waals surface area contributed by atoms with E-state index in [0.717, 1.165) is 18.5 Å². The van der Waals surface area contributed by atoms with Gasteiger partial charge in [0.1, 0.15) is 5.75 Å². The number of phenols is 1. The third kappa shape index (κ3) is 4.60. The average Bonchev–Trinajstić information content (AvgIpc) is 2.62. The molecule has 4 nitrogen and oxygen atoms in total. The van der Waals surface area contributed by atoms with Crippen LogP contribution in [0.1, 0.15) is 41.6 Å². The first kappa shape index (κ1) is 17.5. The molecule has 0 saturated carbocycles. The maximum absolute atomic E-state index is 12.4. The predicted octanol–water partition coefficient (Wildman–Crippen LogP) is 4.06. The molecule has 1 saturated heterocycles. The Balaban J connectivity index is 1.66. The molecule has 0 aromatic heterocycles. The van der Waals surface area contributed by atoms with Gasteiger partial charge in [0.15, 0.2) is 0 Å². The van der Waals surface area contributed by atoms with Gasteiger partial charge in [0.25, 0.3) is 5.91 Å². The highest BCUT2D eigenvalue weighted by Gasteiger charge is 2.19. The quantitative estimate of drug-likeness (QED) is 0.864. The van der Waals surface area contributed by atoms with Crippen molar-refractivity contribution in [3.8, 4) is 5.75 Å². The monoisotopic (exact) mass is 338 g/mol. The average molecular weight is 338 g/mol. The highest BCUT2D eigenvalue weighted by atomic mass is 16.3. The summed E-state index contributed by atoms with van der Waals surface area (Å²) in [6.45, 7) is 1.18. The van der Waals surface area contributed by atoms with Gasteiger partial charge in [-0.15, -0.1) is 0 Å². The van der Waals surface area contributed by atoms with Crippen LogP contribution in [0.5, 0.6) is 5.75 Å². The van der Waals surface area contributed by atoms with Crippen LogP contribution < -0.4 is 5.32 Å². The fourth-order valence-electron chi connectivity index (χ4n) is 3.50. The lowest BCUT2D eigenvalue weighted by Crippen LogP contribution is -2.36. The Labute approximate surface area is 149 Å². The van der Waals surface area contributed by atoms with Gasteiger partial charge in [-0.25, -0.2) is 0 Å². The predicted molar refractivity (Wildman–Crippen MR) is 101 cm³/mol. The number of nitrogens with one attached hydrogen (secondary N) is 1. The number of carbonyl (C=O) groups excluding carboxylic acids is 1. The van der Waals surface area contributed by atoms with Crippen molar-refractivity contribution in [1.29, 1.82) is 0 Å². The van der Waals surface area contributed by atoms with Crippen LogP contribution >= 0.6 is 0 Å². The fraction of sp³-hybridized carbons (Fsp3) is 0.381. The Kier molecular flexibility index (Phi) is 5.71. The molecule has 1 unspecified atom stereocenters. The zero-order valence-corrected chi connectivity index (χ0v) is 14.7. The summed E-state index contributed by atoms with van der Waals surface area (Å²) < 4.78 is 0. The second-order valence-corrected chi connectivity index (χ2v) is 6.83. The molecule has 25 heavy (non-hydrogen) atoms. The number of piperidine rings is 1. The summed E-state index contributed by atoms with van der Waals surface area (Å²) in [6.07, 6.45) is 5.95. The minimum atomic E-state index is -0.151. The van der Waals surface area contributed by atoms with Gasteiger partial charge in [-0.2, -0.15) is 0 Å². The summed E-state index contributed by atoms with van der Waals surface area (Å²) in [4.78, 5) is 14.9. The molecule has 1 amide bonds. The van der Waals surface area contributed by atoms with E-state index in [0.29, 0.717) is 11.6 Å². The third-order valence-corrected chi connectivity index (χ3v) is 5.06. The van der Waals surface area contributed by atoms with Gasteiger partial charge in [-0.3, -0.25) is 4.79 Å². The molecule has 1 atom stereocenters. The SMILES string of the molecule is CN1CCCCC1CCc1ccccc1NC(=O)c1ccc(O)cc1. The van der Waals surface area contributed by atoms with E-state index in [1.165, 1.54) is 43.5 Å². The summed E-state index contributed by atoms with van der Waals surface area (Å²) in [7, 11) is 2.21. The van der Waals surface area contributed by atoms with E-state index in [1.807, 2.05) is 18.2 Å². The first-order valence-electron chi connectivity index (χ1n) is 9.02. The van der Waals surface area contributed by atoms with E-state index < -0.39 is 0 Å². The largest absolute Gasteiger partial charge is 0.508 e. The zero-order valence-electron chi connectivity index (χ0n) is 14.7. The lowest BCUT2D eigenvalue weighted by Gasteiger charge is -2.32. The van der Waals surface area contributed by atoms with Crippen molar-refractivity contribution >= 4 is 11.6 Å². The van der Waals surface area contributed by atoms with Crippen LogP contribution in [0.2, 0.25) is 0 Å². The molecule has 1 heterocycles. The second kappa shape index (κ2) is 8.17. The van der Waals surface area contributed by atoms with Gasteiger partial charge in [0.05, 0.1) is 0 Å². The van der Waals surface area contributed by atoms with Gasteiger partial charge >= 0.3 is 0 Å². The summed E-state index contributed by atoms with van der Waals surface area (Å²) >= 11 is 0. The molecular formula is C21H26N2O2. The second-order valence-electron chi connectivity index (χ2n) is 6.83. The van der Waals surface area contributed by atoms with Crippen molar-refractivity contribution < 1.29 is 9.90 Å². The number of rotatable bonds is 5. The summed E-state index contributed by atoms with van der Waals surface area (Å²) in [5.74, 6) is 0.00999. The van der Waals surface area contributed by atoms with Crippen LogP contribution in [-0.4, -0.2) is 35.5 Å². The highest BCUT2D eigenvalue weighted by molar-refractivity contribution is 6.04. The number of likely N-dealkylation sites (tertiary alicyclic amines) is 1. The fourth-order valence-corrected chi connectivity index (χ4v) is 3.50. The Morgan fingerprint density at radius 3 is 2.68 bits per heavy atom. The van der Waals surface area contributed by atoms with Gasteiger partial charge in [0, 0.05) is 17.3 Å². The zero-order chi connectivity index (χ0) is 17.6. The van der Waals surface area contributed by atoms with Crippen molar-refractivity contribution in [3.05, 3.63) is 59.7 Å². The minimum Gasteiger partial charge on any atom is -0.508 e. The van der Waals surface area contributed by atoms with Crippen molar-refractivity contribution in [2.45, 2.75) is 38.1 Å². The number of aryl methyl sites for hydroxylation is 1. The molecule has 1 aliphatic heterocycles. The number of aromatic hydroxyl groups is 1. The van der Waals surface area contributed by atoms with Gasteiger partial charge in [0.2, 0.25) is 0 Å². The lowest BCUT2D eigenvalue weighted by molar-refractivity contribution is 0.102. The van der Waals surface area contributed by atoms with Gasteiger partial charge in [-0.05, 0) is 75.2 Å². The number of anilines is 1. The first-order valence-corrected chi connectivity index (χ1v) is 9.02. The van der Waals surface area contributed by atoms with Gasteiger partial charge < -0.3 is 15.3 Å². The number of carbonyl (C=O) groups is 1. The third-order valence-electron chi connectivity index (χ3n) is 5.06. The Bertz CT molecular complexity index is 712. The molecule has 0 spiro atoms. The number of hydrogen-bond acceptors (Lipinski definition) is 3. The highest BCUT2D eigenvalue weighted by Crippen LogP contribution is 2.23. The lowest BCUT2D eigenvalue weighted by atomic mass is 9.96. The number of nitrogens with zero attached hydrogens (tertiary/aromatic N) is 1.